The van der Waals surface area contributed by atoms with Crippen LogP contribution in [0.5, 0.6) is 0 Å². The molecule has 0 aliphatic carbocycles. The van der Waals surface area contributed by atoms with Crippen LogP contribution in [0.1, 0.15) is 5.56 Å². The molecule has 0 aliphatic heterocycles. The molecule has 0 atom stereocenters. The number of nitrogens with zero attached hydrogens (tertiary/aromatic N) is 1. The number of amides is 1. The normalized spacial score (nSPS) is 10.9. The molecule has 0 unspecified atom stereocenters. The summed E-state index contributed by atoms with van der Waals surface area (Å²) < 4.78 is 12.9. The highest BCUT2D eigenvalue weighted by Gasteiger charge is 2.06. The molecule has 3 aromatic rings. The predicted octanol–water partition coefficient (Wildman–Crippen LogP) is 5.25. The Morgan fingerprint density at radius 3 is 2.67 bits per heavy atom. The molecule has 0 aliphatic rings. The van der Waals surface area contributed by atoms with E-state index in [0.717, 1.165) is 11.1 Å². The van der Waals surface area contributed by atoms with Gasteiger partial charge in [-0.1, -0.05) is 29.8 Å². The van der Waals surface area contributed by atoms with E-state index in [2.05, 4.69) is 10.3 Å². The van der Waals surface area contributed by atoms with Gasteiger partial charge in [-0.25, -0.2) is 9.37 Å². The van der Waals surface area contributed by atoms with Crippen molar-refractivity contribution >= 4 is 40.1 Å². The summed E-state index contributed by atoms with van der Waals surface area (Å²) in [5.41, 5.74) is 2.24. The quantitative estimate of drug-likeness (QED) is 0.647. The number of hydrogen-bond acceptors (Lipinski definition) is 3. The summed E-state index contributed by atoms with van der Waals surface area (Å²) in [6.45, 7) is 0. The molecule has 0 radical (unpaired) electrons. The molecule has 0 fully saturated rings. The molecule has 6 heteroatoms. The van der Waals surface area contributed by atoms with Gasteiger partial charge < -0.3 is 0 Å². The summed E-state index contributed by atoms with van der Waals surface area (Å²) in [6.07, 6.45) is 3.05. The van der Waals surface area contributed by atoms with Gasteiger partial charge in [-0.2, -0.15) is 0 Å². The summed E-state index contributed by atoms with van der Waals surface area (Å²) in [4.78, 5) is 16.3. The number of aromatic nitrogens is 1. The highest BCUT2D eigenvalue weighted by Crippen LogP contribution is 2.25. The highest BCUT2D eigenvalue weighted by atomic mass is 35.5. The molecule has 1 heterocycles. The third-order valence-corrected chi connectivity index (χ3v) is 4.30. The molecule has 1 aromatic heterocycles. The predicted molar refractivity (Wildman–Crippen MR) is 96.6 cm³/mol. The highest BCUT2D eigenvalue weighted by molar-refractivity contribution is 7.14. The summed E-state index contributed by atoms with van der Waals surface area (Å²) in [6, 6.07) is 13.3. The van der Waals surface area contributed by atoms with Crippen LogP contribution in [0.4, 0.5) is 9.52 Å². The number of carbonyl (C=O) groups excluding carboxylic acids is 1. The number of thiazole rings is 1. The maximum absolute atomic E-state index is 12.9. The topological polar surface area (TPSA) is 42.0 Å². The molecule has 3 rings (SSSR count). The second kappa shape index (κ2) is 7.38. The van der Waals surface area contributed by atoms with Gasteiger partial charge in [0.1, 0.15) is 5.82 Å². The lowest BCUT2D eigenvalue weighted by Crippen LogP contribution is -2.07. The van der Waals surface area contributed by atoms with E-state index in [-0.39, 0.29) is 11.7 Å². The van der Waals surface area contributed by atoms with Gasteiger partial charge in [0.05, 0.1) is 5.69 Å². The van der Waals surface area contributed by atoms with Crippen molar-refractivity contribution in [3.63, 3.8) is 0 Å². The average molecular weight is 359 g/mol. The lowest BCUT2D eigenvalue weighted by molar-refractivity contribution is -0.111. The molecule has 1 N–H and O–H groups in total. The van der Waals surface area contributed by atoms with Crippen molar-refractivity contribution in [3.05, 3.63) is 76.4 Å². The fraction of sp³-hybridized carbons (Fsp3) is 0. The van der Waals surface area contributed by atoms with Crippen molar-refractivity contribution in [3.8, 4) is 11.3 Å². The van der Waals surface area contributed by atoms with Gasteiger partial charge in [-0.15, -0.1) is 11.3 Å². The molecule has 1 amide bonds. The third kappa shape index (κ3) is 4.07. The molecule has 0 spiro atoms. The molecular weight excluding hydrogens is 347 g/mol. The first-order valence-electron chi connectivity index (χ1n) is 7.07. The molecule has 2 aromatic carbocycles. The minimum Gasteiger partial charge on any atom is -0.298 e. The minimum atomic E-state index is -0.299. The summed E-state index contributed by atoms with van der Waals surface area (Å²) in [7, 11) is 0. The van der Waals surface area contributed by atoms with Gasteiger partial charge in [0.15, 0.2) is 5.13 Å². The van der Waals surface area contributed by atoms with Crippen LogP contribution in [-0.4, -0.2) is 10.9 Å². The monoisotopic (exact) mass is 358 g/mol. The number of rotatable bonds is 4. The smallest absolute Gasteiger partial charge is 0.250 e. The Balaban J connectivity index is 1.67. The maximum Gasteiger partial charge on any atom is 0.250 e. The summed E-state index contributed by atoms with van der Waals surface area (Å²) in [5.74, 6) is -0.595. The average Bonchev–Trinajstić information content (AvgIpc) is 3.03. The van der Waals surface area contributed by atoms with Gasteiger partial charge in [0, 0.05) is 22.0 Å². The lowest BCUT2D eigenvalue weighted by atomic mass is 10.2. The second-order valence-corrected chi connectivity index (χ2v) is 6.15. The fourth-order valence-electron chi connectivity index (χ4n) is 2.01. The first-order chi connectivity index (χ1) is 11.6. The van der Waals surface area contributed by atoms with Crippen LogP contribution in [-0.2, 0) is 4.79 Å². The number of nitrogens with one attached hydrogen (secondary N) is 1. The Hall–Kier alpha value is -2.50. The van der Waals surface area contributed by atoms with Crippen molar-refractivity contribution in [2.45, 2.75) is 0 Å². The van der Waals surface area contributed by atoms with Crippen LogP contribution in [0.25, 0.3) is 17.3 Å². The van der Waals surface area contributed by atoms with E-state index in [0.29, 0.717) is 15.8 Å². The van der Waals surface area contributed by atoms with Crippen LogP contribution in [0, 0.1) is 5.82 Å². The fourth-order valence-corrected chi connectivity index (χ4v) is 2.93. The molecule has 3 nitrogen and oxygen atoms in total. The Morgan fingerprint density at radius 1 is 1.17 bits per heavy atom. The van der Waals surface area contributed by atoms with E-state index in [1.165, 1.54) is 29.5 Å². The molecule has 0 bridgehead atoms. The zero-order valence-corrected chi connectivity index (χ0v) is 13.9. The largest absolute Gasteiger partial charge is 0.298 e. The molecule has 120 valence electrons. The first-order valence-corrected chi connectivity index (χ1v) is 8.32. The Kier molecular flexibility index (Phi) is 5.03. The van der Waals surface area contributed by atoms with E-state index >= 15 is 0 Å². The first kappa shape index (κ1) is 16.4. The van der Waals surface area contributed by atoms with E-state index in [4.69, 9.17) is 11.6 Å². The van der Waals surface area contributed by atoms with Crippen LogP contribution < -0.4 is 5.32 Å². The SMILES string of the molecule is O=C(C=Cc1ccccc1Cl)Nc1nc(-c2ccc(F)cc2)cs1. The lowest BCUT2D eigenvalue weighted by Gasteiger charge is -1.98. The van der Waals surface area contributed by atoms with Crippen molar-refractivity contribution in [2.75, 3.05) is 5.32 Å². The molecule has 0 saturated heterocycles. The van der Waals surface area contributed by atoms with Gasteiger partial charge in [-0.3, -0.25) is 10.1 Å². The van der Waals surface area contributed by atoms with Crippen molar-refractivity contribution in [1.82, 2.24) is 4.98 Å². The van der Waals surface area contributed by atoms with Crippen LogP contribution in [0.2, 0.25) is 5.02 Å². The van der Waals surface area contributed by atoms with Gasteiger partial charge in [0.25, 0.3) is 0 Å². The minimum absolute atomic E-state index is 0.296. The van der Waals surface area contributed by atoms with E-state index in [1.54, 1.807) is 29.7 Å². The Morgan fingerprint density at radius 2 is 1.92 bits per heavy atom. The zero-order valence-electron chi connectivity index (χ0n) is 12.4. The third-order valence-electron chi connectivity index (χ3n) is 3.19. The number of anilines is 1. The number of hydrogen-bond donors (Lipinski definition) is 1. The summed E-state index contributed by atoms with van der Waals surface area (Å²) >= 11 is 7.34. The van der Waals surface area contributed by atoms with E-state index in [1.807, 2.05) is 18.2 Å². The van der Waals surface area contributed by atoms with Gasteiger partial charge in [-0.05, 0) is 42.0 Å². The van der Waals surface area contributed by atoms with E-state index in [9.17, 15) is 9.18 Å². The van der Waals surface area contributed by atoms with Crippen LogP contribution in [0.3, 0.4) is 0 Å². The second-order valence-electron chi connectivity index (χ2n) is 4.89. The van der Waals surface area contributed by atoms with Gasteiger partial charge >= 0.3 is 0 Å². The standard InChI is InChI=1S/C18H12ClFN2OS/c19-15-4-2-1-3-12(15)7-10-17(23)22-18-21-16(11-24-18)13-5-8-14(20)9-6-13/h1-11H,(H,21,22,23). The Bertz CT molecular complexity index is 890. The van der Waals surface area contributed by atoms with Crippen LogP contribution in [0.15, 0.2) is 60.0 Å². The molecule has 24 heavy (non-hydrogen) atoms. The van der Waals surface area contributed by atoms with Crippen molar-refractivity contribution in [1.29, 1.82) is 0 Å². The zero-order chi connectivity index (χ0) is 16.9. The maximum atomic E-state index is 12.9. The van der Waals surface area contributed by atoms with Gasteiger partial charge in [0.2, 0.25) is 5.91 Å². The number of carbonyl (C=O) groups is 1. The van der Waals surface area contributed by atoms with Crippen LogP contribution >= 0.6 is 22.9 Å². The number of halogens is 2. The number of benzene rings is 2. The Labute approximate surface area is 147 Å². The van der Waals surface area contributed by atoms with Crippen molar-refractivity contribution in [2.24, 2.45) is 0 Å². The van der Waals surface area contributed by atoms with E-state index < -0.39 is 0 Å². The molecule has 0 saturated carbocycles. The molecular formula is C18H12ClFN2OS. The summed E-state index contributed by atoms with van der Waals surface area (Å²) in [5, 5.41) is 5.56. The van der Waals surface area contributed by atoms with Crippen molar-refractivity contribution < 1.29 is 9.18 Å².